The number of rotatable bonds is 4. The van der Waals surface area contributed by atoms with E-state index in [1.54, 1.807) is 7.11 Å². The van der Waals surface area contributed by atoms with Crippen LogP contribution in [0.1, 0.15) is 49.8 Å². The zero-order valence-electron chi connectivity index (χ0n) is 12.3. The van der Waals surface area contributed by atoms with E-state index in [-0.39, 0.29) is 0 Å². The van der Waals surface area contributed by atoms with Crippen molar-refractivity contribution in [3.05, 3.63) is 11.3 Å². The Kier molecular flexibility index (Phi) is 2.85. The van der Waals surface area contributed by atoms with Crippen LogP contribution in [0, 0.1) is 23.2 Å². The number of ether oxygens (including phenoxy) is 1. The summed E-state index contributed by atoms with van der Waals surface area (Å²) in [6.07, 6.45) is 9.82. The van der Waals surface area contributed by atoms with Crippen molar-refractivity contribution < 1.29 is 4.74 Å². The predicted molar refractivity (Wildman–Crippen MR) is 78.0 cm³/mol. The Labute approximate surface area is 120 Å². The molecule has 110 valence electrons. The highest BCUT2D eigenvalue weighted by molar-refractivity contribution is 5.43. The second-order valence-corrected chi connectivity index (χ2v) is 7.59. The van der Waals surface area contributed by atoms with Crippen molar-refractivity contribution in [2.45, 2.75) is 51.6 Å². The first kappa shape index (κ1) is 12.7. The Morgan fingerprint density at radius 3 is 2.35 bits per heavy atom. The van der Waals surface area contributed by atoms with Crippen molar-refractivity contribution in [3.63, 3.8) is 0 Å². The molecule has 4 heteroatoms. The van der Waals surface area contributed by atoms with Crippen LogP contribution in [0.15, 0.2) is 0 Å². The normalized spacial score (nSPS) is 38.5. The largest absolute Gasteiger partial charge is 0.382 e. The number of methoxy groups -OCH3 is 1. The van der Waals surface area contributed by atoms with E-state index in [1.807, 2.05) is 0 Å². The van der Waals surface area contributed by atoms with Gasteiger partial charge in [0.1, 0.15) is 5.82 Å². The van der Waals surface area contributed by atoms with Crippen molar-refractivity contribution in [1.82, 2.24) is 10.2 Å². The molecule has 0 aliphatic heterocycles. The summed E-state index contributed by atoms with van der Waals surface area (Å²) in [5.41, 5.74) is 8.93. The lowest BCUT2D eigenvalue weighted by atomic mass is 9.48. The van der Waals surface area contributed by atoms with E-state index >= 15 is 0 Å². The van der Waals surface area contributed by atoms with Crippen molar-refractivity contribution >= 4 is 5.82 Å². The molecule has 0 aromatic carbocycles. The molecule has 1 heterocycles. The lowest BCUT2D eigenvalue weighted by molar-refractivity contribution is -0.0523. The van der Waals surface area contributed by atoms with E-state index in [4.69, 9.17) is 10.5 Å². The summed E-state index contributed by atoms with van der Waals surface area (Å²) in [5.74, 6) is 3.65. The van der Waals surface area contributed by atoms with Gasteiger partial charge in [-0.05, 0) is 68.1 Å². The van der Waals surface area contributed by atoms with Crippen LogP contribution in [0.3, 0.4) is 0 Å². The Morgan fingerprint density at radius 2 is 1.80 bits per heavy atom. The van der Waals surface area contributed by atoms with E-state index in [9.17, 15) is 0 Å². The molecule has 1 aromatic heterocycles. The van der Waals surface area contributed by atoms with Crippen molar-refractivity contribution in [2.24, 2.45) is 23.2 Å². The Bertz CT molecular complexity index is 473. The molecule has 0 unspecified atom stereocenters. The van der Waals surface area contributed by atoms with Gasteiger partial charge in [0, 0.05) is 12.7 Å². The monoisotopic (exact) mass is 275 g/mol. The molecule has 4 nitrogen and oxygen atoms in total. The van der Waals surface area contributed by atoms with Gasteiger partial charge in [-0.2, -0.15) is 5.10 Å². The maximum Gasteiger partial charge on any atom is 0.148 e. The van der Waals surface area contributed by atoms with Crippen LogP contribution in [-0.4, -0.2) is 17.3 Å². The van der Waals surface area contributed by atoms with Crippen LogP contribution in [-0.2, 0) is 17.8 Å². The van der Waals surface area contributed by atoms with E-state index < -0.39 is 0 Å². The lowest BCUT2D eigenvalue weighted by Gasteiger charge is -2.57. The number of nitrogens with two attached hydrogens (primary N) is 1. The van der Waals surface area contributed by atoms with Gasteiger partial charge < -0.3 is 10.5 Å². The minimum atomic E-state index is 0.509. The summed E-state index contributed by atoms with van der Waals surface area (Å²) in [5, 5.41) is 7.26. The van der Waals surface area contributed by atoms with Gasteiger partial charge in [0.05, 0.1) is 12.3 Å². The molecule has 0 amide bonds. The Hall–Kier alpha value is -1.03. The molecule has 4 fully saturated rings. The van der Waals surface area contributed by atoms with Crippen LogP contribution in [0.5, 0.6) is 0 Å². The van der Waals surface area contributed by atoms with Crippen molar-refractivity contribution in [3.8, 4) is 0 Å². The molecule has 4 bridgehead atoms. The molecule has 5 rings (SSSR count). The highest BCUT2D eigenvalue weighted by Crippen LogP contribution is 2.61. The van der Waals surface area contributed by atoms with Gasteiger partial charge in [-0.15, -0.1) is 0 Å². The smallest absolute Gasteiger partial charge is 0.148 e. The topological polar surface area (TPSA) is 63.9 Å². The van der Waals surface area contributed by atoms with Crippen LogP contribution in [0.25, 0.3) is 0 Å². The lowest BCUT2D eigenvalue weighted by Crippen LogP contribution is -2.47. The predicted octanol–water partition coefficient (Wildman–Crippen LogP) is 2.90. The number of nitrogens with zero attached hydrogens (tertiary/aromatic N) is 1. The molecule has 20 heavy (non-hydrogen) atoms. The molecular weight excluding hydrogens is 250 g/mol. The third-order valence-corrected chi connectivity index (χ3v) is 5.99. The number of hydrogen-bond donors (Lipinski definition) is 2. The summed E-state index contributed by atoms with van der Waals surface area (Å²) >= 11 is 0. The highest BCUT2D eigenvalue weighted by Gasteiger charge is 2.51. The molecule has 0 saturated heterocycles. The molecule has 0 spiro atoms. The second kappa shape index (κ2) is 4.48. The minimum Gasteiger partial charge on any atom is -0.382 e. The zero-order valence-corrected chi connectivity index (χ0v) is 12.3. The number of H-pyrrole nitrogens is 1. The van der Waals surface area contributed by atoms with Crippen LogP contribution in [0.4, 0.5) is 5.82 Å². The first-order valence-corrected chi connectivity index (χ1v) is 7.98. The van der Waals surface area contributed by atoms with Crippen molar-refractivity contribution in [2.75, 3.05) is 12.8 Å². The van der Waals surface area contributed by atoms with Gasteiger partial charge in [-0.3, -0.25) is 5.10 Å². The SMILES string of the molecule is COCc1[nH]nc(N)c1CC12CC3CC(CC(C3)C1)C2. The quantitative estimate of drug-likeness (QED) is 0.888. The van der Waals surface area contributed by atoms with Crippen LogP contribution in [0.2, 0.25) is 0 Å². The van der Waals surface area contributed by atoms with Crippen molar-refractivity contribution in [1.29, 1.82) is 0 Å². The minimum absolute atomic E-state index is 0.509. The summed E-state index contributed by atoms with van der Waals surface area (Å²) < 4.78 is 5.28. The van der Waals surface area contributed by atoms with Gasteiger partial charge in [0.15, 0.2) is 0 Å². The fourth-order valence-electron chi connectivity index (χ4n) is 5.76. The maximum absolute atomic E-state index is 6.10. The fraction of sp³-hybridized carbons (Fsp3) is 0.812. The summed E-state index contributed by atoms with van der Waals surface area (Å²) in [7, 11) is 1.73. The Balaban J connectivity index is 1.61. The molecule has 3 N–H and O–H groups in total. The average molecular weight is 275 g/mol. The third-order valence-electron chi connectivity index (χ3n) is 5.99. The molecule has 0 atom stereocenters. The zero-order chi connectivity index (χ0) is 13.7. The first-order valence-electron chi connectivity index (χ1n) is 7.98. The first-order chi connectivity index (χ1) is 9.67. The Morgan fingerprint density at radius 1 is 1.20 bits per heavy atom. The number of nitrogens with one attached hydrogen (secondary N) is 1. The van der Waals surface area contributed by atoms with Gasteiger partial charge in [0.2, 0.25) is 0 Å². The molecule has 4 aliphatic carbocycles. The van der Waals surface area contributed by atoms with Gasteiger partial charge >= 0.3 is 0 Å². The number of anilines is 1. The number of hydrogen-bond acceptors (Lipinski definition) is 3. The van der Waals surface area contributed by atoms with E-state index in [0.29, 0.717) is 17.8 Å². The third kappa shape index (κ3) is 1.96. The van der Waals surface area contributed by atoms with Gasteiger partial charge in [-0.25, -0.2) is 0 Å². The van der Waals surface area contributed by atoms with E-state index in [1.165, 1.54) is 44.1 Å². The van der Waals surface area contributed by atoms with Crippen LogP contribution < -0.4 is 5.73 Å². The van der Waals surface area contributed by atoms with Gasteiger partial charge in [-0.1, -0.05) is 0 Å². The number of aromatic amines is 1. The number of aromatic nitrogens is 2. The van der Waals surface area contributed by atoms with Crippen LogP contribution >= 0.6 is 0 Å². The van der Waals surface area contributed by atoms with E-state index in [2.05, 4.69) is 10.2 Å². The van der Waals surface area contributed by atoms with E-state index in [0.717, 1.165) is 29.9 Å². The fourth-order valence-corrected chi connectivity index (χ4v) is 5.76. The molecule has 0 radical (unpaired) electrons. The average Bonchev–Trinajstić information content (AvgIpc) is 2.70. The second-order valence-electron chi connectivity index (χ2n) is 7.59. The molecular formula is C16H25N3O. The summed E-state index contributed by atoms with van der Waals surface area (Å²) in [6.45, 7) is 0.589. The number of nitrogen functional groups attached to an aromatic ring is 1. The highest BCUT2D eigenvalue weighted by atomic mass is 16.5. The molecule has 1 aromatic rings. The maximum atomic E-state index is 6.10. The molecule has 4 aliphatic rings. The molecule has 4 saturated carbocycles. The van der Waals surface area contributed by atoms with Gasteiger partial charge in [0.25, 0.3) is 0 Å². The summed E-state index contributed by atoms with van der Waals surface area (Å²) in [6, 6.07) is 0. The summed E-state index contributed by atoms with van der Waals surface area (Å²) in [4.78, 5) is 0. The standard InChI is InChI=1S/C16H25N3O/c1-20-9-14-13(15(17)19-18-14)8-16-5-10-2-11(6-16)4-12(3-10)7-16/h10-12H,2-9H2,1H3,(H3,17,18,19).